The quantitative estimate of drug-likeness (QED) is 0.430. The lowest BCUT2D eigenvalue weighted by Crippen LogP contribution is -2.21. The molecule has 2 aliphatic heterocycles. The van der Waals surface area contributed by atoms with E-state index in [0.717, 1.165) is 40.6 Å². The van der Waals surface area contributed by atoms with Gasteiger partial charge in [-0.1, -0.05) is 20.8 Å². The van der Waals surface area contributed by atoms with Crippen molar-refractivity contribution in [1.29, 1.82) is 0 Å². The van der Waals surface area contributed by atoms with Crippen molar-refractivity contribution >= 4 is 40.2 Å². The Morgan fingerprint density at radius 1 is 1.28 bits per heavy atom. The van der Waals surface area contributed by atoms with Crippen molar-refractivity contribution < 1.29 is 19.8 Å². The summed E-state index contributed by atoms with van der Waals surface area (Å²) in [4.78, 5) is 29.7. The van der Waals surface area contributed by atoms with Gasteiger partial charge in [0.05, 0.1) is 22.8 Å². The van der Waals surface area contributed by atoms with E-state index in [1.165, 1.54) is 11.8 Å². The van der Waals surface area contributed by atoms with Gasteiger partial charge in [0.15, 0.2) is 10.7 Å². The first kappa shape index (κ1) is 17.3. The Bertz CT molecular complexity index is 808. The molecule has 0 spiro atoms. The van der Waals surface area contributed by atoms with Crippen LogP contribution in [0.15, 0.2) is 33.8 Å². The number of rotatable bonds is 4. The van der Waals surface area contributed by atoms with Crippen LogP contribution in [-0.2, 0) is 15.0 Å². The van der Waals surface area contributed by atoms with Crippen LogP contribution in [0.4, 0.5) is 11.4 Å². The van der Waals surface area contributed by atoms with E-state index in [2.05, 4.69) is 42.0 Å². The summed E-state index contributed by atoms with van der Waals surface area (Å²) in [6.07, 6.45) is 1.03. The number of nitrogens with zero attached hydrogens (tertiary/aromatic N) is 2. The van der Waals surface area contributed by atoms with Crippen molar-refractivity contribution in [3.8, 4) is 0 Å². The Balaban J connectivity index is 2.06. The van der Waals surface area contributed by atoms with E-state index < -0.39 is 17.5 Å². The third kappa shape index (κ3) is 3.21. The van der Waals surface area contributed by atoms with Crippen LogP contribution >= 0.6 is 11.8 Å². The van der Waals surface area contributed by atoms with Crippen molar-refractivity contribution in [1.82, 2.24) is 0 Å². The fourth-order valence-corrected chi connectivity index (χ4v) is 3.79. The van der Waals surface area contributed by atoms with Crippen LogP contribution in [0, 0.1) is 0 Å². The van der Waals surface area contributed by atoms with Gasteiger partial charge in [0.2, 0.25) is 0 Å². The molecule has 0 fully saturated rings. The number of benzene rings is 1. The standard InChI is InChI=1S/C17H19N3O4S/c1-17(2,3)9-6-11(19-8-10(14(21)22)15(23)24)13-12(7-9)20-5-4-18-16(20)25-13/h6-8,19H,4-5H2,1-3H3,(H,21,22)(H,23,24). The predicted molar refractivity (Wildman–Crippen MR) is 97.6 cm³/mol. The molecule has 0 unspecified atom stereocenters. The molecule has 0 aliphatic carbocycles. The number of hydrogen-bond donors (Lipinski definition) is 3. The van der Waals surface area contributed by atoms with Crippen molar-refractivity contribution in [3.63, 3.8) is 0 Å². The molecule has 8 heteroatoms. The molecule has 1 aromatic rings. The smallest absolute Gasteiger partial charge is 0.344 e. The highest BCUT2D eigenvalue weighted by molar-refractivity contribution is 8.15. The number of anilines is 2. The maximum atomic E-state index is 11.1. The van der Waals surface area contributed by atoms with Crippen molar-refractivity contribution in [2.75, 3.05) is 23.3 Å². The lowest BCUT2D eigenvalue weighted by Gasteiger charge is -2.23. The van der Waals surface area contributed by atoms with Gasteiger partial charge in [-0.15, -0.1) is 0 Å². The van der Waals surface area contributed by atoms with Crippen LogP contribution in [0.3, 0.4) is 0 Å². The number of thioether (sulfide) groups is 1. The normalized spacial score (nSPS) is 15.3. The molecule has 0 aromatic heterocycles. The minimum Gasteiger partial charge on any atom is -0.477 e. The number of hydrogen-bond acceptors (Lipinski definition) is 6. The maximum Gasteiger partial charge on any atom is 0.344 e. The SMILES string of the molecule is CC(C)(C)c1cc(NC=C(C(=O)O)C(=O)O)c2c(c1)N1CCN=C1S2. The molecular weight excluding hydrogens is 342 g/mol. The summed E-state index contributed by atoms with van der Waals surface area (Å²) >= 11 is 1.51. The molecule has 0 bridgehead atoms. The molecule has 3 rings (SSSR count). The van der Waals surface area contributed by atoms with Gasteiger partial charge >= 0.3 is 11.9 Å². The Kier molecular flexibility index (Phi) is 4.24. The Morgan fingerprint density at radius 3 is 2.56 bits per heavy atom. The zero-order valence-corrected chi connectivity index (χ0v) is 15.0. The molecule has 0 saturated carbocycles. The number of carboxylic acid groups (broad SMARTS) is 2. The Labute approximate surface area is 149 Å². The Morgan fingerprint density at radius 2 is 1.96 bits per heavy atom. The van der Waals surface area contributed by atoms with Gasteiger partial charge in [-0.25, -0.2) is 9.59 Å². The largest absolute Gasteiger partial charge is 0.477 e. The first-order chi connectivity index (χ1) is 11.7. The van der Waals surface area contributed by atoms with Gasteiger partial charge in [-0.3, -0.25) is 4.99 Å². The molecule has 2 heterocycles. The molecule has 2 aliphatic rings. The zero-order chi connectivity index (χ0) is 18.4. The van der Waals surface area contributed by atoms with E-state index >= 15 is 0 Å². The number of nitrogens with one attached hydrogen (secondary N) is 1. The van der Waals surface area contributed by atoms with Gasteiger partial charge < -0.3 is 20.4 Å². The number of amidine groups is 1. The zero-order valence-electron chi connectivity index (χ0n) is 14.2. The second kappa shape index (κ2) is 6.11. The molecule has 1 aromatic carbocycles. The lowest BCUT2D eigenvalue weighted by atomic mass is 9.86. The summed E-state index contributed by atoms with van der Waals surface area (Å²) in [6.45, 7) is 7.85. The monoisotopic (exact) mass is 361 g/mol. The molecule has 0 atom stereocenters. The van der Waals surface area contributed by atoms with Crippen molar-refractivity contribution in [2.24, 2.45) is 4.99 Å². The van der Waals surface area contributed by atoms with E-state index in [1.54, 1.807) is 0 Å². The highest BCUT2D eigenvalue weighted by atomic mass is 32.2. The predicted octanol–water partition coefficient (Wildman–Crippen LogP) is 2.73. The average Bonchev–Trinajstić information content (AvgIpc) is 3.06. The minimum absolute atomic E-state index is 0.109. The molecule has 132 valence electrons. The van der Waals surface area contributed by atoms with Gasteiger partial charge in [0.25, 0.3) is 0 Å². The second-order valence-electron chi connectivity index (χ2n) is 6.85. The molecule has 7 nitrogen and oxygen atoms in total. The highest BCUT2D eigenvalue weighted by Gasteiger charge is 2.33. The summed E-state index contributed by atoms with van der Waals surface area (Å²) in [5.74, 6) is -2.97. The summed E-state index contributed by atoms with van der Waals surface area (Å²) in [5.41, 5.74) is 1.96. The number of aliphatic imine (C=N–C) groups is 1. The lowest BCUT2D eigenvalue weighted by molar-refractivity contribution is -0.140. The van der Waals surface area contributed by atoms with Crippen molar-refractivity contribution in [2.45, 2.75) is 31.1 Å². The average molecular weight is 361 g/mol. The number of fused-ring (bicyclic) bond motifs is 3. The topological polar surface area (TPSA) is 102 Å². The van der Waals surface area contributed by atoms with Gasteiger partial charge in [-0.05, 0) is 34.9 Å². The van der Waals surface area contributed by atoms with Gasteiger partial charge in [0.1, 0.15) is 0 Å². The van der Waals surface area contributed by atoms with Gasteiger partial charge in [-0.2, -0.15) is 0 Å². The maximum absolute atomic E-state index is 11.1. The molecular formula is C17H19N3O4S. The summed E-state index contributed by atoms with van der Waals surface area (Å²) in [6, 6.07) is 4.06. The molecule has 0 radical (unpaired) electrons. The van der Waals surface area contributed by atoms with Crippen LogP contribution in [-0.4, -0.2) is 40.4 Å². The first-order valence-electron chi connectivity index (χ1n) is 7.80. The second-order valence-corrected chi connectivity index (χ2v) is 7.83. The Hall–Kier alpha value is -2.48. The molecule has 0 saturated heterocycles. The minimum atomic E-state index is -1.48. The van der Waals surface area contributed by atoms with Crippen LogP contribution in [0.5, 0.6) is 0 Å². The van der Waals surface area contributed by atoms with E-state index in [0.29, 0.717) is 5.69 Å². The van der Waals surface area contributed by atoms with E-state index in [1.807, 2.05) is 6.07 Å². The third-order valence-electron chi connectivity index (χ3n) is 4.05. The molecule has 0 amide bonds. The van der Waals surface area contributed by atoms with Gasteiger partial charge in [0, 0.05) is 12.7 Å². The van der Waals surface area contributed by atoms with E-state index in [9.17, 15) is 9.59 Å². The third-order valence-corrected chi connectivity index (χ3v) is 5.22. The fraction of sp³-hybridized carbons (Fsp3) is 0.353. The summed E-state index contributed by atoms with van der Waals surface area (Å²) in [7, 11) is 0. The number of carboxylic acids is 2. The van der Waals surface area contributed by atoms with Crippen molar-refractivity contribution in [3.05, 3.63) is 29.5 Å². The van der Waals surface area contributed by atoms with Crippen LogP contribution in [0.2, 0.25) is 0 Å². The van der Waals surface area contributed by atoms with E-state index in [-0.39, 0.29) is 5.41 Å². The highest BCUT2D eigenvalue weighted by Crippen LogP contribution is 2.48. The molecule has 3 N–H and O–H groups in total. The van der Waals surface area contributed by atoms with Crippen LogP contribution in [0.25, 0.3) is 0 Å². The number of carbonyl (C=O) groups is 2. The number of aliphatic carboxylic acids is 2. The van der Waals surface area contributed by atoms with Crippen LogP contribution < -0.4 is 10.2 Å². The molecule has 25 heavy (non-hydrogen) atoms. The van der Waals surface area contributed by atoms with E-state index in [4.69, 9.17) is 10.2 Å². The fourth-order valence-electron chi connectivity index (χ4n) is 2.66. The van der Waals surface area contributed by atoms with Crippen LogP contribution in [0.1, 0.15) is 26.3 Å². The first-order valence-corrected chi connectivity index (χ1v) is 8.62. The summed E-state index contributed by atoms with van der Waals surface area (Å²) < 4.78 is 0. The summed E-state index contributed by atoms with van der Waals surface area (Å²) in [5, 5.41) is 21.8.